The lowest BCUT2D eigenvalue weighted by Gasteiger charge is -2.18. The van der Waals surface area contributed by atoms with Gasteiger partial charge in [0, 0.05) is 36.0 Å². The van der Waals surface area contributed by atoms with Crippen LogP contribution >= 0.6 is 51.1 Å². The molecule has 6 nitrogen and oxygen atoms in total. The number of halogens is 2. The molecular formula is C22H26F2N2O4S5. The highest BCUT2D eigenvalue weighted by atomic mass is 33.8. The Balaban J connectivity index is 1.85. The number of ether oxygens (including phenoxy) is 2. The van der Waals surface area contributed by atoms with Gasteiger partial charge >= 0.3 is 12.2 Å². The number of amides is 2. The predicted molar refractivity (Wildman–Crippen MR) is 145 cm³/mol. The van der Waals surface area contributed by atoms with Crippen LogP contribution < -0.4 is 9.47 Å². The van der Waals surface area contributed by atoms with Crippen molar-refractivity contribution in [3.8, 4) is 11.5 Å². The minimum absolute atomic E-state index is 0.113. The van der Waals surface area contributed by atoms with Gasteiger partial charge in [-0.15, -0.1) is 0 Å². The van der Waals surface area contributed by atoms with Crippen molar-refractivity contribution in [3.63, 3.8) is 0 Å². The topological polar surface area (TPSA) is 59.1 Å². The van der Waals surface area contributed by atoms with E-state index < -0.39 is 23.8 Å². The van der Waals surface area contributed by atoms with Gasteiger partial charge < -0.3 is 19.3 Å². The van der Waals surface area contributed by atoms with Crippen molar-refractivity contribution >= 4 is 63.3 Å². The van der Waals surface area contributed by atoms with Gasteiger partial charge in [-0.1, -0.05) is 0 Å². The third kappa shape index (κ3) is 9.52. The highest BCUT2D eigenvalue weighted by Crippen LogP contribution is 2.53. The molecule has 2 aromatic carbocycles. The molecule has 0 aliphatic carbocycles. The predicted octanol–water partition coefficient (Wildman–Crippen LogP) is 8.39. The summed E-state index contributed by atoms with van der Waals surface area (Å²) in [5.41, 5.74) is 0. The van der Waals surface area contributed by atoms with Crippen LogP contribution in [0, 0.1) is 11.6 Å². The van der Waals surface area contributed by atoms with E-state index in [-0.39, 0.29) is 11.5 Å². The number of carbonyl (C=O) groups is 2. The molecule has 192 valence electrons. The van der Waals surface area contributed by atoms with Crippen LogP contribution in [0.2, 0.25) is 0 Å². The van der Waals surface area contributed by atoms with Gasteiger partial charge in [0.2, 0.25) is 0 Å². The molecule has 0 N–H and O–H groups in total. The largest absolute Gasteiger partial charge is 0.415 e. The first-order valence-corrected chi connectivity index (χ1v) is 16.8. The Morgan fingerprint density at radius 2 is 1.06 bits per heavy atom. The summed E-state index contributed by atoms with van der Waals surface area (Å²) in [6, 6.07) is 8.72. The molecule has 0 aliphatic rings. The molecule has 2 rings (SSSR count). The highest BCUT2D eigenvalue weighted by molar-refractivity contribution is 9.35. The minimum Gasteiger partial charge on any atom is -0.407 e. The molecule has 0 spiro atoms. The summed E-state index contributed by atoms with van der Waals surface area (Å²) in [5.74, 6) is -1.44. The monoisotopic (exact) mass is 580 g/mol. The van der Waals surface area contributed by atoms with Crippen molar-refractivity contribution in [1.29, 1.82) is 0 Å². The molecule has 2 amide bonds. The van der Waals surface area contributed by atoms with E-state index in [0.29, 0.717) is 26.2 Å². The third-order valence-electron chi connectivity index (χ3n) is 4.56. The second-order valence-electron chi connectivity index (χ2n) is 6.64. The van der Waals surface area contributed by atoms with Crippen molar-refractivity contribution in [2.45, 2.75) is 37.5 Å². The van der Waals surface area contributed by atoms with Crippen molar-refractivity contribution in [2.24, 2.45) is 0 Å². The Morgan fingerprint density at radius 3 is 1.40 bits per heavy atom. The van der Waals surface area contributed by atoms with Gasteiger partial charge in [0.25, 0.3) is 0 Å². The second kappa shape index (κ2) is 15.6. The maximum Gasteiger partial charge on any atom is 0.415 e. The molecule has 0 radical (unpaired) electrons. The Hall–Kier alpha value is -1.41. The van der Waals surface area contributed by atoms with Gasteiger partial charge in [-0.05, 0) is 115 Å². The minimum atomic E-state index is -0.605. The quantitative estimate of drug-likeness (QED) is 0.182. The maximum absolute atomic E-state index is 14.1. The first-order chi connectivity index (χ1) is 16.8. The standard InChI is InChI=1S/C22H26F2N2O4S5/c1-5-25(6-2)21(27)29-19-13-15(9-11-17(19)23)31-33-35-34-32-16-10-12-18(24)20(14-16)30-22(28)26(7-3)8-4/h9-14H,5-8H2,1-4H3. The lowest BCUT2D eigenvalue weighted by atomic mass is 10.3. The van der Waals surface area contributed by atoms with Gasteiger partial charge in [0.15, 0.2) is 23.1 Å². The average Bonchev–Trinajstić information content (AvgIpc) is 2.84. The van der Waals surface area contributed by atoms with E-state index in [1.807, 2.05) is 27.7 Å². The normalized spacial score (nSPS) is 10.7. The average molecular weight is 581 g/mol. The van der Waals surface area contributed by atoms with E-state index in [0.717, 1.165) is 9.79 Å². The van der Waals surface area contributed by atoms with Crippen LogP contribution in [0.1, 0.15) is 27.7 Å². The zero-order valence-electron chi connectivity index (χ0n) is 19.6. The summed E-state index contributed by atoms with van der Waals surface area (Å²) in [4.78, 5) is 28.6. The molecule has 0 bridgehead atoms. The molecule has 0 saturated carbocycles. The van der Waals surface area contributed by atoms with Crippen LogP contribution in [0.5, 0.6) is 11.5 Å². The Morgan fingerprint density at radius 1 is 0.686 bits per heavy atom. The molecule has 2 aromatic rings. The van der Waals surface area contributed by atoms with Gasteiger partial charge in [-0.3, -0.25) is 0 Å². The zero-order chi connectivity index (χ0) is 25.8. The maximum atomic E-state index is 14.1. The Bertz CT molecular complexity index is 917. The van der Waals surface area contributed by atoms with E-state index in [9.17, 15) is 18.4 Å². The van der Waals surface area contributed by atoms with Gasteiger partial charge in [0.1, 0.15) is 0 Å². The lowest BCUT2D eigenvalue weighted by Crippen LogP contribution is -2.33. The van der Waals surface area contributed by atoms with Crippen LogP contribution in [0.25, 0.3) is 0 Å². The lowest BCUT2D eigenvalue weighted by molar-refractivity contribution is 0.154. The fourth-order valence-electron chi connectivity index (χ4n) is 2.63. The number of rotatable bonds is 12. The van der Waals surface area contributed by atoms with Crippen molar-refractivity contribution in [1.82, 2.24) is 9.80 Å². The van der Waals surface area contributed by atoms with Crippen molar-refractivity contribution in [2.75, 3.05) is 26.2 Å². The van der Waals surface area contributed by atoms with E-state index >= 15 is 0 Å². The molecule has 0 unspecified atom stereocenters. The summed E-state index contributed by atoms with van der Waals surface area (Å²) in [7, 11) is 7.10. The van der Waals surface area contributed by atoms with E-state index in [1.54, 1.807) is 12.1 Å². The first kappa shape index (κ1) is 29.8. The fourth-order valence-corrected chi connectivity index (χ4v) is 10.8. The summed E-state index contributed by atoms with van der Waals surface area (Å²) in [6.07, 6.45) is -1.18. The molecule has 0 atom stereocenters. The molecule has 0 saturated heterocycles. The van der Waals surface area contributed by atoms with Crippen LogP contribution in [-0.2, 0) is 0 Å². The van der Waals surface area contributed by atoms with Crippen LogP contribution in [0.15, 0.2) is 46.2 Å². The summed E-state index contributed by atoms with van der Waals surface area (Å²) < 4.78 is 38.5. The summed E-state index contributed by atoms with van der Waals surface area (Å²) >= 11 is 0. The molecule has 13 heteroatoms. The Labute approximate surface area is 223 Å². The van der Waals surface area contributed by atoms with Gasteiger partial charge in [0.05, 0.1) is 0 Å². The third-order valence-corrected chi connectivity index (χ3v) is 12.8. The molecule has 0 fully saturated rings. The highest BCUT2D eigenvalue weighted by Gasteiger charge is 2.17. The van der Waals surface area contributed by atoms with E-state index in [4.69, 9.17) is 9.47 Å². The van der Waals surface area contributed by atoms with Crippen molar-refractivity contribution < 1.29 is 27.8 Å². The first-order valence-electron chi connectivity index (χ1n) is 10.7. The smallest absolute Gasteiger partial charge is 0.407 e. The molecular weight excluding hydrogens is 555 g/mol. The van der Waals surface area contributed by atoms with Crippen LogP contribution in [0.3, 0.4) is 0 Å². The Kier molecular flexibility index (Phi) is 13.3. The number of nitrogens with zero attached hydrogens (tertiary/aromatic N) is 2. The number of hydrogen-bond acceptors (Lipinski definition) is 9. The zero-order valence-corrected chi connectivity index (χ0v) is 23.7. The molecule has 0 heterocycles. The van der Waals surface area contributed by atoms with E-state index in [2.05, 4.69) is 0 Å². The number of hydrogen-bond donors (Lipinski definition) is 0. The fraction of sp³-hybridized carbons (Fsp3) is 0.364. The second-order valence-corrected chi connectivity index (χ2v) is 14.2. The molecule has 0 aromatic heterocycles. The van der Waals surface area contributed by atoms with Crippen molar-refractivity contribution in [3.05, 3.63) is 48.0 Å². The van der Waals surface area contributed by atoms with Crippen LogP contribution in [0.4, 0.5) is 18.4 Å². The van der Waals surface area contributed by atoms with Gasteiger partial charge in [-0.2, -0.15) is 0 Å². The number of carbonyl (C=O) groups excluding carboxylic acids is 2. The number of benzene rings is 2. The SMILES string of the molecule is CCN(CC)C(=O)Oc1cc(SSSSSc2ccc(F)c(OC(=O)N(CC)CC)c2)ccc1F. The summed E-state index contributed by atoms with van der Waals surface area (Å²) in [6.45, 7) is 9.18. The van der Waals surface area contributed by atoms with E-state index in [1.165, 1.54) is 85.1 Å². The molecule has 35 heavy (non-hydrogen) atoms. The summed E-state index contributed by atoms with van der Waals surface area (Å²) in [5, 5.41) is 0. The van der Waals surface area contributed by atoms with Gasteiger partial charge in [-0.25, -0.2) is 18.4 Å². The molecule has 0 aliphatic heterocycles. The van der Waals surface area contributed by atoms with Crippen LogP contribution in [-0.4, -0.2) is 48.2 Å².